The Kier molecular flexibility index (Phi) is 4.58. The molecular weight excluding hydrogens is 232 g/mol. The third-order valence-electron chi connectivity index (χ3n) is 3.67. The number of carbonyl (C=O) groups is 2. The van der Waals surface area contributed by atoms with E-state index < -0.39 is 0 Å². The highest BCUT2D eigenvalue weighted by molar-refractivity contribution is 5.79. The number of ketones is 1. The van der Waals surface area contributed by atoms with Gasteiger partial charge in [-0.25, -0.2) is 4.79 Å². The molecule has 2 amide bonds. The van der Waals surface area contributed by atoms with E-state index in [9.17, 15) is 9.59 Å². The van der Waals surface area contributed by atoms with E-state index in [0.29, 0.717) is 13.0 Å². The van der Waals surface area contributed by atoms with Crippen LogP contribution in [0.5, 0.6) is 0 Å². The molecule has 0 aliphatic carbocycles. The second-order valence-corrected chi connectivity index (χ2v) is 5.26. The average Bonchev–Trinajstić information content (AvgIpc) is 2.81. The number of likely N-dealkylation sites (tertiary alicyclic amines) is 1. The van der Waals surface area contributed by atoms with Gasteiger partial charge in [-0.05, 0) is 32.6 Å². The molecule has 0 bridgehead atoms. The molecule has 0 aromatic rings. The number of Topliss-reactive ketones (excluding diaryl/α,β-unsaturated/α-hetero) is 1. The van der Waals surface area contributed by atoms with Crippen molar-refractivity contribution in [2.24, 2.45) is 0 Å². The maximum absolute atomic E-state index is 12.2. The maximum atomic E-state index is 12.2. The fourth-order valence-corrected chi connectivity index (χ4v) is 2.72. The maximum Gasteiger partial charge on any atom is 0.317 e. The number of rotatable bonds is 3. The Bertz CT molecular complexity index is 313. The zero-order chi connectivity index (χ0) is 13.0. The Morgan fingerprint density at radius 2 is 2.17 bits per heavy atom. The van der Waals surface area contributed by atoms with Gasteiger partial charge in [0, 0.05) is 25.6 Å². The molecule has 0 spiro atoms. The van der Waals surface area contributed by atoms with E-state index in [4.69, 9.17) is 4.74 Å². The highest BCUT2D eigenvalue weighted by atomic mass is 16.5. The van der Waals surface area contributed by atoms with E-state index in [-0.39, 0.29) is 23.9 Å². The van der Waals surface area contributed by atoms with Crippen LogP contribution in [-0.2, 0) is 9.53 Å². The van der Waals surface area contributed by atoms with Gasteiger partial charge in [-0.1, -0.05) is 0 Å². The lowest BCUT2D eigenvalue weighted by atomic mass is 9.98. The largest absolute Gasteiger partial charge is 0.379 e. The van der Waals surface area contributed by atoms with Crippen LogP contribution in [0.1, 0.15) is 39.0 Å². The summed E-state index contributed by atoms with van der Waals surface area (Å²) in [5, 5.41) is 3.00. The molecule has 0 aromatic carbocycles. The monoisotopic (exact) mass is 254 g/mol. The smallest absolute Gasteiger partial charge is 0.317 e. The fraction of sp³-hybridized carbons (Fsp3) is 0.846. The van der Waals surface area contributed by atoms with Crippen LogP contribution in [0.2, 0.25) is 0 Å². The first-order valence-corrected chi connectivity index (χ1v) is 6.81. The molecule has 2 atom stereocenters. The number of nitrogens with zero attached hydrogens (tertiary/aromatic N) is 1. The highest BCUT2D eigenvalue weighted by Crippen LogP contribution is 2.20. The zero-order valence-corrected chi connectivity index (χ0v) is 11.0. The van der Waals surface area contributed by atoms with Gasteiger partial charge < -0.3 is 15.0 Å². The van der Waals surface area contributed by atoms with E-state index >= 15 is 0 Å². The van der Waals surface area contributed by atoms with Crippen LogP contribution < -0.4 is 5.32 Å². The van der Waals surface area contributed by atoms with Gasteiger partial charge >= 0.3 is 6.03 Å². The Hall–Kier alpha value is -1.10. The van der Waals surface area contributed by atoms with E-state index in [0.717, 1.165) is 38.8 Å². The molecule has 0 saturated carbocycles. The molecule has 102 valence electrons. The first-order valence-electron chi connectivity index (χ1n) is 6.81. The van der Waals surface area contributed by atoms with Crippen LogP contribution in [0.4, 0.5) is 4.79 Å². The number of urea groups is 1. The molecule has 2 aliphatic heterocycles. The summed E-state index contributed by atoms with van der Waals surface area (Å²) in [5.74, 6) is 0.156. The minimum absolute atomic E-state index is 0.0311. The van der Waals surface area contributed by atoms with Gasteiger partial charge in [0.2, 0.25) is 0 Å². The Labute approximate surface area is 108 Å². The molecule has 2 saturated heterocycles. The van der Waals surface area contributed by atoms with Crippen LogP contribution in [-0.4, -0.2) is 48.6 Å². The second-order valence-electron chi connectivity index (χ2n) is 5.26. The Morgan fingerprint density at radius 1 is 1.33 bits per heavy atom. The number of nitrogens with one attached hydrogen (secondary N) is 1. The van der Waals surface area contributed by atoms with Gasteiger partial charge in [0.1, 0.15) is 5.78 Å². The summed E-state index contributed by atoms with van der Waals surface area (Å²) in [6.45, 7) is 3.69. The topological polar surface area (TPSA) is 58.6 Å². The normalized spacial score (nSPS) is 28.2. The summed E-state index contributed by atoms with van der Waals surface area (Å²) in [5.41, 5.74) is 0. The van der Waals surface area contributed by atoms with Crippen molar-refractivity contribution >= 4 is 11.8 Å². The summed E-state index contributed by atoms with van der Waals surface area (Å²) in [4.78, 5) is 25.3. The summed E-state index contributed by atoms with van der Waals surface area (Å²) >= 11 is 0. The Balaban J connectivity index is 1.90. The first-order chi connectivity index (χ1) is 8.66. The van der Waals surface area contributed by atoms with Crippen LogP contribution in [0.15, 0.2) is 0 Å². The number of ether oxygens (including phenoxy) is 1. The summed E-state index contributed by atoms with van der Waals surface area (Å²) in [7, 11) is 0. The minimum Gasteiger partial charge on any atom is -0.379 e. The van der Waals surface area contributed by atoms with Crippen molar-refractivity contribution in [2.45, 2.75) is 51.1 Å². The fourth-order valence-electron chi connectivity index (χ4n) is 2.72. The first kappa shape index (κ1) is 13.3. The number of piperidine rings is 1. The van der Waals surface area contributed by atoms with Gasteiger partial charge in [-0.3, -0.25) is 4.79 Å². The Morgan fingerprint density at radius 3 is 2.83 bits per heavy atom. The lowest BCUT2D eigenvalue weighted by Crippen LogP contribution is -2.51. The lowest BCUT2D eigenvalue weighted by molar-refractivity contribution is -0.118. The van der Waals surface area contributed by atoms with Gasteiger partial charge in [-0.15, -0.1) is 0 Å². The van der Waals surface area contributed by atoms with Crippen molar-refractivity contribution < 1.29 is 14.3 Å². The predicted molar refractivity (Wildman–Crippen MR) is 67.4 cm³/mol. The molecule has 2 rings (SSSR count). The third kappa shape index (κ3) is 3.45. The molecular formula is C13H22N2O3. The van der Waals surface area contributed by atoms with E-state index in [1.807, 2.05) is 4.90 Å². The number of carbonyl (C=O) groups excluding carboxylic acids is 2. The number of hydrogen-bond acceptors (Lipinski definition) is 3. The molecule has 2 unspecified atom stereocenters. The SMILES string of the molecule is CC(=O)CC1CCCCN1C(=O)NC1CCOC1. The van der Waals surface area contributed by atoms with Gasteiger partial charge in [0.25, 0.3) is 0 Å². The number of amides is 2. The van der Waals surface area contributed by atoms with Crippen LogP contribution in [0.3, 0.4) is 0 Å². The van der Waals surface area contributed by atoms with Crippen molar-refractivity contribution in [3.63, 3.8) is 0 Å². The molecule has 1 N–H and O–H groups in total. The van der Waals surface area contributed by atoms with E-state index in [1.165, 1.54) is 0 Å². The molecule has 5 nitrogen and oxygen atoms in total. The van der Waals surface area contributed by atoms with Crippen molar-refractivity contribution in [3.8, 4) is 0 Å². The van der Waals surface area contributed by atoms with Crippen molar-refractivity contribution in [2.75, 3.05) is 19.8 Å². The average molecular weight is 254 g/mol. The van der Waals surface area contributed by atoms with Crippen molar-refractivity contribution in [1.82, 2.24) is 10.2 Å². The third-order valence-corrected chi connectivity index (χ3v) is 3.67. The predicted octanol–water partition coefficient (Wildman–Crippen LogP) is 1.32. The summed E-state index contributed by atoms with van der Waals surface area (Å²) < 4.78 is 5.25. The molecule has 2 aliphatic rings. The minimum atomic E-state index is -0.0311. The van der Waals surface area contributed by atoms with Gasteiger partial charge in [0.15, 0.2) is 0 Å². The van der Waals surface area contributed by atoms with Crippen LogP contribution in [0, 0.1) is 0 Å². The second kappa shape index (κ2) is 6.18. The van der Waals surface area contributed by atoms with Crippen molar-refractivity contribution in [3.05, 3.63) is 0 Å². The van der Waals surface area contributed by atoms with Crippen molar-refractivity contribution in [1.29, 1.82) is 0 Å². The van der Waals surface area contributed by atoms with Gasteiger partial charge in [0.05, 0.1) is 12.6 Å². The molecule has 2 heterocycles. The van der Waals surface area contributed by atoms with E-state index in [2.05, 4.69) is 5.32 Å². The quantitative estimate of drug-likeness (QED) is 0.826. The molecule has 0 aromatic heterocycles. The summed E-state index contributed by atoms with van der Waals surface area (Å²) in [6, 6.07) is 0.187. The summed E-state index contributed by atoms with van der Waals surface area (Å²) in [6.07, 6.45) is 4.44. The molecule has 2 fully saturated rings. The molecule has 0 radical (unpaired) electrons. The standard InChI is InChI=1S/C13H22N2O3/c1-10(16)8-12-4-2-3-6-15(12)13(17)14-11-5-7-18-9-11/h11-12H,2-9H2,1H3,(H,14,17). The highest BCUT2D eigenvalue weighted by Gasteiger charge is 2.29. The number of hydrogen-bond donors (Lipinski definition) is 1. The van der Waals surface area contributed by atoms with Crippen LogP contribution in [0.25, 0.3) is 0 Å². The van der Waals surface area contributed by atoms with E-state index in [1.54, 1.807) is 6.92 Å². The molecule has 5 heteroatoms. The molecule has 18 heavy (non-hydrogen) atoms. The van der Waals surface area contributed by atoms with Crippen LogP contribution >= 0.6 is 0 Å². The lowest BCUT2D eigenvalue weighted by Gasteiger charge is -2.36. The zero-order valence-electron chi connectivity index (χ0n) is 11.0. The van der Waals surface area contributed by atoms with Gasteiger partial charge in [-0.2, -0.15) is 0 Å².